The Kier molecular flexibility index (Phi) is 7.62. The van der Waals surface area contributed by atoms with E-state index in [2.05, 4.69) is 53.3 Å². The van der Waals surface area contributed by atoms with Crippen LogP contribution in [-0.2, 0) is 17.9 Å². The van der Waals surface area contributed by atoms with Gasteiger partial charge in [-0.05, 0) is 23.0 Å². The number of nitrogens with one attached hydrogen (secondary N) is 1. The molecule has 22 heavy (non-hydrogen) atoms. The quantitative estimate of drug-likeness (QED) is 0.464. The molecular weight excluding hydrogens is 389 g/mol. The number of hydrogen-bond donors (Lipinski definition) is 1. The maximum absolute atomic E-state index is 5.13. The largest absolute Gasteiger partial charge is 0.380 e. The van der Waals surface area contributed by atoms with Gasteiger partial charge < -0.3 is 15.0 Å². The SMILES string of the molecule is CN=C(NCc1ccc(COC)cc1)N1CCC(C)(C)C1.I. The van der Waals surface area contributed by atoms with Crippen molar-refractivity contribution in [3.63, 3.8) is 0 Å². The zero-order valence-corrected chi connectivity index (χ0v) is 16.4. The van der Waals surface area contributed by atoms with Crippen LogP contribution >= 0.6 is 24.0 Å². The summed E-state index contributed by atoms with van der Waals surface area (Å²) >= 11 is 0. The molecule has 0 bridgehead atoms. The highest BCUT2D eigenvalue weighted by Gasteiger charge is 2.30. The minimum absolute atomic E-state index is 0. The van der Waals surface area contributed by atoms with Crippen LogP contribution in [0.5, 0.6) is 0 Å². The molecule has 1 aliphatic heterocycles. The van der Waals surface area contributed by atoms with Crippen molar-refractivity contribution in [1.29, 1.82) is 0 Å². The van der Waals surface area contributed by atoms with E-state index in [0.717, 1.165) is 25.6 Å². The van der Waals surface area contributed by atoms with Crippen LogP contribution in [0, 0.1) is 5.41 Å². The van der Waals surface area contributed by atoms with E-state index in [4.69, 9.17) is 4.74 Å². The molecule has 0 radical (unpaired) electrons. The molecule has 0 aromatic heterocycles. The number of aliphatic imine (C=N–C) groups is 1. The number of hydrogen-bond acceptors (Lipinski definition) is 2. The summed E-state index contributed by atoms with van der Waals surface area (Å²) in [5.74, 6) is 1.00. The number of benzene rings is 1. The molecule has 0 atom stereocenters. The van der Waals surface area contributed by atoms with Gasteiger partial charge in [0.15, 0.2) is 5.96 Å². The third-order valence-electron chi connectivity index (χ3n) is 3.97. The van der Waals surface area contributed by atoms with E-state index in [1.165, 1.54) is 17.5 Å². The molecule has 1 saturated heterocycles. The summed E-state index contributed by atoms with van der Waals surface area (Å²) in [5.41, 5.74) is 2.85. The first kappa shape index (κ1) is 19.2. The summed E-state index contributed by atoms with van der Waals surface area (Å²) in [4.78, 5) is 6.76. The summed E-state index contributed by atoms with van der Waals surface area (Å²) < 4.78 is 5.13. The number of guanidine groups is 1. The third kappa shape index (κ3) is 5.43. The topological polar surface area (TPSA) is 36.9 Å². The van der Waals surface area contributed by atoms with E-state index < -0.39 is 0 Å². The van der Waals surface area contributed by atoms with Gasteiger partial charge in [0.25, 0.3) is 0 Å². The Labute approximate surface area is 151 Å². The molecule has 0 saturated carbocycles. The van der Waals surface area contributed by atoms with Crippen LogP contribution in [0.3, 0.4) is 0 Å². The fraction of sp³-hybridized carbons (Fsp3) is 0.588. The van der Waals surface area contributed by atoms with E-state index in [1.807, 2.05) is 7.05 Å². The normalized spacial score (nSPS) is 17.3. The third-order valence-corrected chi connectivity index (χ3v) is 3.97. The van der Waals surface area contributed by atoms with Gasteiger partial charge in [-0.25, -0.2) is 0 Å². The van der Waals surface area contributed by atoms with Gasteiger partial charge in [0, 0.05) is 33.8 Å². The van der Waals surface area contributed by atoms with Crippen molar-refractivity contribution in [2.75, 3.05) is 27.2 Å². The highest BCUT2D eigenvalue weighted by molar-refractivity contribution is 14.0. The summed E-state index contributed by atoms with van der Waals surface area (Å²) in [6.07, 6.45) is 1.22. The van der Waals surface area contributed by atoms with Gasteiger partial charge in [-0.3, -0.25) is 4.99 Å². The molecule has 1 aliphatic rings. The lowest BCUT2D eigenvalue weighted by Crippen LogP contribution is -2.40. The van der Waals surface area contributed by atoms with Crippen LogP contribution in [-0.4, -0.2) is 38.1 Å². The smallest absolute Gasteiger partial charge is 0.193 e. The molecular formula is C17H28IN3O. The van der Waals surface area contributed by atoms with Gasteiger partial charge in [-0.2, -0.15) is 0 Å². The average Bonchev–Trinajstić information content (AvgIpc) is 2.82. The van der Waals surface area contributed by atoms with Crippen LogP contribution in [0.25, 0.3) is 0 Å². The van der Waals surface area contributed by atoms with E-state index in [0.29, 0.717) is 12.0 Å². The first-order valence-electron chi connectivity index (χ1n) is 7.56. The average molecular weight is 417 g/mol. The minimum Gasteiger partial charge on any atom is -0.380 e. The van der Waals surface area contributed by atoms with Gasteiger partial charge in [-0.15, -0.1) is 24.0 Å². The van der Waals surface area contributed by atoms with Crippen molar-refractivity contribution in [3.05, 3.63) is 35.4 Å². The Hall–Kier alpha value is -0.820. The molecule has 4 nitrogen and oxygen atoms in total. The molecule has 1 aromatic rings. The van der Waals surface area contributed by atoms with Gasteiger partial charge in [0.2, 0.25) is 0 Å². The number of methoxy groups -OCH3 is 1. The van der Waals surface area contributed by atoms with Gasteiger partial charge in [-0.1, -0.05) is 38.1 Å². The minimum atomic E-state index is 0. The second kappa shape index (κ2) is 8.72. The van der Waals surface area contributed by atoms with Crippen molar-refractivity contribution in [3.8, 4) is 0 Å². The Morgan fingerprint density at radius 3 is 2.41 bits per heavy atom. The number of rotatable bonds is 4. The lowest BCUT2D eigenvalue weighted by molar-refractivity contribution is 0.185. The fourth-order valence-electron chi connectivity index (χ4n) is 2.73. The predicted octanol–water partition coefficient (Wildman–Crippen LogP) is 3.26. The monoisotopic (exact) mass is 417 g/mol. The van der Waals surface area contributed by atoms with Crippen molar-refractivity contribution in [2.24, 2.45) is 10.4 Å². The molecule has 0 spiro atoms. The molecule has 0 aliphatic carbocycles. The Morgan fingerprint density at radius 1 is 1.27 bits per heavy atom. The van der Waals surface area contributed by atoms with Crippen molar-refractivity contribution in [2.45, 2.75) is 33.4 Å². The van der Waals surface area contributed by atoms with Gasteiger partial charge >= 0.3 is 0 Å². The molecule has 1 heterocycles. The number of halogens is 1. The fourth-order valence-corrected chi connectivity index (χ4v) is 2.73. The number of ether oxygens (including phenoxy) is 1. The first-order chi connectivity index (χ1) is 10.0. The lowest BCUT2D eigenvalue weighted by atomic mass is 9.93. The Morgan fingerprint density at radius 2 is 1.91 bits per heavy atom. The maximum Gasteiger partial charge on any atom is 0.193 e. The highest BCUT2D eigenvalue weighted by Crippen LogP contribution is 2.28. The molecule has 0 amide bonds. The van der Waals surface area contributed by atoms with Crippen molar-refractivity contribution < 1.29 is 4.74 Å². The predicted molar refractivity (Wildman–Crippen MR) is 103 cm³/mol. The second-order valence-electron chi connectivity index (χ2n) is 6.49. The maximum atomic E-state index is 5.13. The first-order valence-corrected chi connectivity index (χ1v) is 7.56. The molecule has 0 unspecified atom stereocenters. The molecule has 1 fully saturated rings. The summed E-state index contributed by atoms with van der Waals surface area (Å²) in [5, 5.41) is 3.46. The van der Waals surface area contributed by atoms with Crippen LogP contribution in [0.2, 0.25) is 0 Å². The summed E-state index contributed by atoms with van der Waals surface area (Å²) in [6.45, 7) is 8.25. The van der Waals surface area contributed by atoms with E-state index in [9.17, 15) is 0 Å². The van der Waals surface area contributed by atoms with Crippen LogP contribution < -0.4 is 5.32 Å². The molecule has 1 N–H and O–H groups in total. The van der Waals surface area contributed by atoms with E-state index in [1.54, 1.807) is 7.11 Å². The number of nitrogens with zero attached hydrogens (tertiary/aromatic N) is 2. The van der Waals surface area contributed by atoms with Gasteiger partial charge in [0.1, 0.15) is 0 Å². The van der Waals surface area contributed by atoms with Crippen LogP contribution in [0.4, 0.5) is 0 Å². The molecule has 2 rings (SSSR count). The lowest BCUT2D eigenvalue weighted by Gasteiger charge is -2.23. The zero-order chi connectivity index (χ0) is 15.3. The Balaban J connectivity index is 0.00000242. The summed E-state index contributed by atoms with van der Waals surface area (Å²) in [7, 11) is 3.58. The Bertz CT molecular complexity index is 485. The standard InChI is InChI=1S/C17H27N3O.HI/c1-17(2)9-10-20(13-17)16(18-3)19-11-14-5-7-15(8-6-14)12-21-4;/h5-8H,9-13H2,1-4H3,(H,18,19);1H. The molecule has 5 heteroatoms. The van der Waals surface area contributed by atoms with E-state index >= 15 is 0 Å². The van der Waals surface area contributed by atoms with Gasteiger partial charge in [0.05, 0.1) is 6.61 Å². The van der Waals surface area contributed by atoms with Crippen LogP contribution in [0.1, 0.15) is 31.4 Å². The molecule has 1 aromatic carbocycles. The zero-order valence-electron chi connectivity index (χ0n) is 14.1. The van der Waals surface area contributed by atoms with E-state index in [-0.39, 0.29) is 24.0 Å². The number of likely N-dealkylation sites (tertiary alicyclic amines) is 1. The van der Waals surface area contributed by atoms with Crippen LogP contribution in [0.15, 0.2) is 29.3 Å². The highest BCUT2D eigenvalue weighted by atomic mass is 127. The summed E-state index contributed by atoms with van der Waals surface area (Å²) in [6, 6.07) is 8.51. The van der Waals surface area contributed by atoms with Crippen molar-refractivity contribution >= 4 is 29.9 Å². The van der Waals surface area contributed by atoms with Crippen molar-refractivity contribution in [1.82, 2.24) is 10.2 Å². The second-order valence-corrected chi connectivity index (χ2v) is 6.49. The molecule has 124 valence electrons.